The van der Waals surface area contributed by atoms with E-state index < -0.39 is 42.5 Å². The van der Waals surface area contributed by atoms with E-state index in [1.165, 1.54) is 11.9 Å². The first-order valence-electron chi connectivity index (χ1n) is 12.9. The van der Waals surface area contributed by atoms with E-state index in [4.69, 9.17) is 9.84 Å². The van der Waals surface area contributed by atoms with Gasteiger partial charge in [0, 0.05) is 13.0 Å². The Hall–Kier alpha value is -3.88. The molecule has 0 aromatic heterocycles. The summed E-state index contributed by atoms with van der Waals surface area (Å²) >= 11 is 0. The maximum atomic E-state index is 13.5. The average Bonchev–Trinajstić information content (AvgIpc) is 3.22. The SMILES string of the molecule is CC[C@H](C)[C@H](NC(=O)OCC1c2ccccc2-c2ccccc21)C(=O)N(C)[C@@H](C(=O)NCC(=O)O)C(C)C. The molecule has 0 radical (unpaired) electrons. The van der Waals surface area contributed by atoms with Gasteiger partial charge in [-0.1, -0.05) is 82.6 Å². The van der Waals surface area contributed by atoms with Crippen molar-refractivity contribution in [2.75, 3.05) is 20.2 Å². The fourth-order valence-corrected chi connectivity index (χ4v) is 5.00. The van der Waals surface area contributed by atoms with E-state index in [1.54, 1.807) is 13.8 Å². The Labute approximate surface area is 223 Å². The van der Waals surface area contributed by atoms with Crippen molar-refractivity contribution in [2.24, 2.45) is 11.8 Å². The third-order valence-corrected chi connectivity index (χ3v) is 7.17. The van der Waals surface area contributed by atoms with Gasteiger partial charge >= 0.3 is 12.1 Å². The molecule has 3 rings (SSSR count). The Bertz CT molecular complexity index is 1130. The number of rotatable bonds is 11. The first kappa shape index (κ1) is 28.7. The molecule has 0 aliphatic heterocycles. The van der Waals surface area contributed by atoms with Crippen molar-refractivity contribution in [2.45, 2.75) is 52.1 Å². The lowest BCUT2D eigenvalue weighted by Crippen LogP contribution is -2.58. The summed E-state index contributed by atoms with van der Waals surface area (Å²) in [5.74, 6) is -2.83. The van der Waals surface area contributed by atoms with E-state index >= 15 is 0 Å². The zero-order valence-corrected chi connectivity index (χ0v) is 22.6. The van der Waals surface area contributed by atoms with Gasteiger partial charge < -0.3 is 25.4 Å². The normalized spacial score (nSPS) is 14.6. The third-order valence-electron chi connectivity index (χ3n) is 7.17. The highest BCUT2D eigenvalue weighted by atomic mass is 16.5. The van der Waals surface area contributed by atoms with Crippen LogP contribution in [-0.4, -0.2) is 66.2 Å². The van der Waals surface area contributed by atoms with Crippen LogP contribution >= 0.6 is 0 Å². The first-order chi connectivity index (χ1) is 18.1. The Morgan fingerprint density at radius 1 is 0.974 bits per heavy atom. The molecular formula is C29H37N3O6. The van der Waals surface area contributed by atoms with Crippen molar-refractivity contribution < 1.29 is 29.0 Å². The van der Waals surface area contributed by atoms with Gasteiger partial charge in [0.05, 0.1) is 0 Å². The first-order valence-corrected chi connectivity index (χ1v) is 12.9. The highest BCUT2D eigenvalue weighted by Gasteiger charge is 2.36. The number of amides is 3. The molecule has 0 spiro atoms. The van der Waals surface area contributed by atoms with Crippen LogP contribution in [0.3, 0.4) is 0 Å². The lowest BCUT2D eigenvalue weighted by molar-refractivity contribution is -0.144. The second-order valence-electron chi connectivity index (χ2n) is 10.1. The summed E-state index contributed by atoms with van der Waals surface area (Å²) in [6.45, 7) is 6.86. The quantitative estimate of drug-likeness (QED) is 0.413. The van der Waals surface area contributed by atoms with E-state index in [1.807, 2.05) is 50.2 Å². The number of nitrogens with one attached hydrogen (secondary N) is 2. The third kappa shape index (κ3) is 6.33. The van der Waals surface area contributed by atoms with Gasteiger partial charge in [0.15, 0.2) is 0 Å². The van der Waals surface area contributed by atoms with Crippen LogP contribution in [0, 0.1) is 11.8 Å². The highest BCUT2D eigenvalue weighted by molar-refractivity contribution is 5.92. The minimum absolute atomic E-state index is 0.114. The molecule has 2 aromatic rings. The molecule has 1 aliphatic rings. The van der Waals surface area contributed by atoms with Crippen molar-refractivity contribution in [1.29, 1.82) is 0 Å². The molecule has 9 nitrogen and oxygen atoms in total. The standard InChI is InChI=1S/C29H37N3O6/c1-6-18(4)25(28(36)32(5)26(17(2)3)27(35)30-15-24(33)34)31-29(37)38-16-23-21-13-9-7-11-19(21)20-12-8-10-14-22(20)23/h7-14,17-18,23,25-26H,6,15-16H2,1-5H3,(H,30,35)(H,31,37)(H,33,34)/t18-,25-,26+/m0/s1. The number of fused-ring (bicyclic) bond motifs is 3. The van der Waals surface area contributed by atoms with Crippen LogP contribution in [0.1, 0.15) is 51.2 Å². The zero-order valence-electron chi connectivity index (χ0n) is 22.6. The van der Waals surface area contributed by atoms with Crippen molar-refractivity contribution in [3.63, 3.8) is 0 Å². The van der Waals surface area contributed by atoms with Crippen LogP contribution in [0.15, 0.2) is 48.5 Å². The molecule has 0 heterocycles. The average molecular weight is 524 g/mol. The van der Waals surface area contributed by atoms with Crippen molar-refractivity contribution >= 4 is 23.9 Å². The number of carbonyl (C=O) groups excluding carboxylic acids is 3. The molecule has 3 N–H and O–H groups in total. The molecule has 2 aromatic carbocycles. The summed E-state index contributed by atoms with van der Waals surface area (Å²) < 4.78 is 5.65. The molecule has 1 aliphatic carbocycles. The van der Waals surface area contributed by atoms with Gasteiger partial charge in [-0.05, 0) is 34.1 Å². The fraction of sp³-hybridized carbons (Fsp3) is 0.448. The largest absolute Gasteiger partial charge is 0.480 e. The summed E-state index contributed by atoms with van der Waals surface area (Å²) in [5.41, 5.74) is 4.41. The predicted octanol–water partition coefficient (Wildman–Crippen LogP) is 3.62. The van der Waals surface area contributed by atoms with Crippen molar-refractivity contribution in [3.05, 3.63) is 59.7 Å². The minimum Gasteiger partial charge on any atom is -0.480 e. The molecule has 0 saturated heterocycles. The summed E-state index contributed by atoms with van der Waals surface area (Å²) in [4.78, 5) is 51.3. The van der Waals surface area contributed by atoms with Crippen LogP contribution in [-0.2, 0) is 19.1 Å². The maximum absolute atomic E-state index is 13.5. The van der Waals surface area contributed by atoms with Crippen LogP contribution in [0.4, 0.5) is 4.79 Å². The molecule has 3 atom stereocenters. The van der Waals surface area contributed by atoms with Gasteiger partial charge in [-0.3, -0.25) is 14.4 Å². The summed E-state index contributed by atoms with van der Waals surface area (Å²) in [5, 5.41) is 14.0. The fourth-order valence-electron chi connectivity index (χ4n) is 5.00. The molecule has 0 bridgehead atoms. The molecule has 0 fully saturated rings. The number of carboxylic acid groups (broad SMARTS) is 1. The highest BCUT2D eigenvalue weighted by Crippen LogP contribution is 2.44. The number of carboxylic acids is 1. The van der Waals surface area contributed by atoms with Gasteiger partial charge in [0.25, 0.3) is 0 Å². The Morgan fingerprint density at radius 3 is 2.03 bits per heavy atom. The van der Waals surface area contributed by atoms with Crippen molar-refractivity contribution in [1.82, 2.24) is 15.5 Å². The van der Waals surface area contributed by atoms with E-state index in [9.17, 15) is 19.2 Å². The smallest absolute Gasteiger partial charge is 0.407 e. The van der Waals surface area contributed by atoms with Gasteiger partial charge in [-0.25, -0.2) is 4.79 Å². The number of carbonyl (C=O) groups is 4. The maximum Gasteiger partial charge on any atom is 0.407 e. The van der Waals surface area contributed by atoms with Gasteiger partial charge in [0.2, 0.25) is 11.8 Å². The number of hydrogen-bond acceptors (Lipinski definition) is 5. The number of likely N-dealkylation sites (N-methyl/N-ethyl adjacent to an activating group) is 1. The number of nitrogens with zero attached hydrogens (tertiary/aromatic N) is 1. The second kappa shape index (κ2) is 12.6. The second-order valence-corrected chi connectivity index (χ2v) is 10.1. The molecule has 0 unspecified atom stereocenters. The van der Waals surface area contributed by atoms with E-state index in [0.29, 0.717) is 6.42 Å². The monoisotopic (exact) mass is 523 g/mol. The number of benzene rings is 2. The molecular weight excluding hydrogens is 486 g/mol. The van der Waals surface area contributed by atoms with Gasteiger partial charge in [0.1, 0.15) is 25.2 Å². The van der Waals surface area contributed by atoms with Crippen LogP contribution in [0.2, 0.25) is 0 Å². The number of alkyl carbamates (subject to hydrolysis) is 1. The Kier molecular flexibility index (Phi) is 9.50. The number of ether oxygens (including phenoxy) is 1. The topological polar surface area (TPSA) is 125 Å². The lowest BCUT2D eigenvalue weighted by atomic mass is 9.95. The van der Waals surface area contributed by atoms with Crippen LogP contribution in [0.5, 0.6) is 0 Å². The molecule has 0 saturated carbocycles. The summed E-state index contributed by atoms with van der Waals surface area (Å²) in [7, 11) is 1.49. The molecule has 38 heavy (non-hydrogen) atoms. The number of hydrogen-bond donors (Lipinski definition) is 3. The predicted molar refractivity (Wildman–Crippen MR) is 143 cm³/mol. The van der Waals surface area contributed by atoms with Crippen LogP contribution < -0.4 is 10.6 Å². The van der Waals surface area contributed by atoms with E-state index in [0.717, 1.165) is 22.3 Å². The Balaban J connectivity index is 1.72. The summed E-state index contributed by atoms with van der Waals surface area (Å²) in [6, 6.07) is 14.2. The van der Waals surface area contributed by atoms with Gasteiger partial charge in [-0.15, -0.1) is 0 Å². The lowest BCUT2D eigenvalue weighted by Gasteiger charge is -2.34. The zero-order chi connectivity index (χ0) is 28.0. The minimum atomic E-state index is -1.18. The number of aliphatic carboxylic acids is 1. The van der Waals surface area contributed by atoms with E-state index in [2.05, 4.69) is 22.8 Å². The van der Waals surface area contributed by atoms with E-state index in [-0.39, 0.29) is 24.4 Å². The molecule has 204 valence electrons. The molecule has 9 heteroatoms. The van der Waals surface area contributed by atoms with Crippen molar-refractivity contribution in [3.8, 4) is 11.1 Å². The van der Waals surface area contributed by atoms with Gasteiger partial charge in [-0.2, -0.15) is 0 Å². The Morgan fingerprint density at radius 2 is 1.53 bits per heavy atom. The van der Waals surface area contributed by atoms with Crippen LogP contribution in [0.25, 0.3) is 11.1 Å². The summed E-state index contributed by atoms with van der Waals surface area (Å²) in [6.07, 6.45) is -0.110. The molecule has 3 amide bonds.